The molecule has 0 amide bonds. The Hall–Kier alpha value is -4.47. The minimum Gasteiger partial charge on any atom is -0.507 e. The molecular weight excluding hydrogens is 825 g/mol. The molecular formula is C54H70O7S2. The Morgan fingerprint density at radius 1 is 0.556 bits per heavy atom. The Labute approximate surface area is 385 Å². The quantitative estimate of drug-likeness (QED) is 0.0522. The number of benzene rings is 4. The van der Waals surface area contributed by atoms with Gasteiger partial charge in [-0.3, -0.25) is 14.4 Å². The first-order valence-corrected chi connectivity index (χ1v) is 24.7. The molecule has 0 bridgehead atoms. The zero-order valence-corrected chi connectivity index (χ0v) is 40.8. The van der Waals surface area contributed by atoms with Gasteiger partial charge in [0.2, 0.25) is 0 Å². The minimum atomic E-state index is -0.0333. The number of aromatic hydroxyl groups is 2. The van der Waals surface area contributed by atoms with Crippen molar-refractivity contribution in [2.75, 3.05) is 24.7 Å². The van der Waals surface area contributed by atoms with Crippen molar-refractivity contribution in [1.82, 2.24) is 0 Å². The predicted octanol–water partition coefficient (Wildman–Crippen LogP) is 13.7. The largest absolute Gasteiger partial charge is 0.507 e. The summed E-state index contributed by atoms with van der Waals surface area (Å²) in [6, 6.07) is 14.8. The normalized spacial score (nSPS) is 14.3. The van der Waals surface area contributed by atoms with E-state index < -0.39 is 0 Å². The first-order chi connectivity index (χ1) is 30.1. The van der Waals surface area contributed by atoms with Crippen LogP contribution in [0.2, 0.25) is 0 Å². The van der Waals surface area contributed by atoms with Crippen LogP contribution in [0.25, 0.3) is 6.08 Å². The Bertz CT molecular complexity index is 2100. The summed E-state index contributed by atoms with van der Waals surface area (Å²) < 4.78 is 12.0. The van der Waals surface area contributed by atoms with Crippen molar-refractivity contribution >= 4 is 47.5 Å². The summed E-state index contributed by atoms with van der Waals surface area (Å²) in [6.45, 7) is 18.4. The zero-order chi connectivity index (χ0) is 46.1. The van der Waals surface area contributed by atoms with Crippen LogP contribution in [0.15, 0.2) is 54.6 Å². The van der Waals surface area contributed by atoms with Crippen LogP contribution in [0.4, 0.5) is 0 Å². The van der Waals surface area contributed by atoms with Gasteiger partial charge in [0.1, 0.15) is 29.3 Å². The van der Waals surface area contributed by atoms with Crippen molar-refractivity contribution in [2.24, 2.45) is 0 Å². The van der Waals surface area contributed by atoms with E-state index in [0.29, 0.717) is 23.5 Å². The number of thioether (sulfide) groups is 2. The van der Waals surface area contributed by atoms with Gasteiger partial charge in [0.05, 0.1) is 13.2 Å². The highest BCUT2D eigenvalue weighted by Crippen LogP contribution is 2.32. The number of ketones is 2. The molecule has 4 aromatic carbocycles. The maximum absolute atomic E-state index is 12.7. The van der Waals surface area contributed by atoms with Gasteiger partial charge in [-0.25, -0.2) is 0 Å². The molecule has 63 heavy (non-hydrogen) atoms. The van der Waals surface area contributed by atoms with Crippen LogP contribution in [-0.4, -0.2) is 63.3 Å². The zero-order valence-electron chi connectivity index (χ0n) is 39.2. The van der Waals surface area contributed by atoms with Gasteiger partial charge < -0.3 is 19.7 Å². The molecule has 2 N–H and O–H groups in total. The van der Waals surface area contributed by atoms with Gasteiger partial charge in [-0.05, 0) is 193 Å². The molecule has 0 heterocycles. The van der Waals surface area contributed by atoms with E-state index in [0.717, 1.165) is 102 Å². The summed E-state index contributed by atoms with van der Waals surface area (Å²) in [4.78, 5) is 34.5. The average molecular weight is 895 g/mol. The number of hydrogen-bond donors (Lipinski definition) is 2. The molecule has 4 aromatic rings. The number of carbonyl (C=O) groups is 3. The van der Waals surface area contributed by atoms with Crippen LogP contribution < -0.4 is 9.47 Å². The Morgan fingerprint density at radius 2 is 0.921 bits per heavy atom. The van der Waals surface area contributed by atoms with Crippen molar-refractivity contribution in [2.45, 2.75) is 137 Å². The highest BCUT2D eigenvalue weighted by atomic mass is 32.2. The summed E-state index contributed by atoms with van der Waals surface area (Å²) in [7, 11) is 0. The maximum Gasteiger partial charge on any atom is 0.185 e. The van der Waals surface area contributed by atoms with E-state index in [-0.39, 0.29) is 17.3 Å². The molecule has 0 spiro atoms. The van der Waals surface area contributed by atoms with Crippen LogP contribution in [0.5, 0.6) is 23.0 Å². The van der Waals surface area contributed by atoms with Gasteiger partial charge >= 0.3 is 0 Å². The van der Waals surface area contributed by atoms with E-state index in [1.54, 1.807) is 45.1 Å². The first kappa shape index (κ1) is 51.2. The van der Waals surface area contributed by atoms with Crippen molar-refractivity contribution in [1.29, 1.82) is 0 Å². The van der Waals surface area contributed by atoms with E-state index in [1.807, 2.05) is 89.7 Å². The van der Waals surface area contributed by atoms with E-state index in [1.165, 1.54) is 64.2 Å². The molecule has 2 fully saturated rings. The molecule has 9 heteroatoms. The lowest BCUT2D eigenvalue weighted by atomic mass is 10.0. The summed E-state index contributed by atoms with van der Waals surface area (Å²) >= 11 is 4.10. The minimum absolute atomic E-state index is 0.0333. The van der Waals surface area contributed by atoms with Crippen molar-refractivity contribution in [3.05, 3.63) is 121 Å². The van der Waals surface area contributed by atoms with Crippen molar-refractivity contribution in [3.63, 3.8) is 0 Å². The summed E-state index contributed by atoms with van der Waals surface area (Å²) in [6.07, 6.45) is 17.9. The second-order valence-electron chi connectivity index (χ2n) is 17.2. The van der Waals surface area contributed by atoms with Crippen LogP contribution in [-0.2, 0) is 0 Å². The van der Waals surface area contributed by atoms with Gasteiger partial charge in [0, 0.05) is 38.7 Å². The lowest BCUT2D eigenvalue weighted by Crippen LogP contribution is -2.11. The second-order valence-corrected chi connectivity index (χ2v) is 20.0. The number of aldehydes is 1. The van der Waals surface area contributed by atoms with Gasteiger partial charge in [0.25, 0.3) is 0 Å². The second kappa shape index (κ2) is 25.7. The molecule has 6 rings (SSSR count). The number of Topliss-reactive ketones (excluding diaryl/α,β-unsaturated/α-hetero) is 1. The van der Waals surface area contributed by atoms with Crippen LogP contribution >= 0.6 is 23.5 Å². The first-order valence-electron chi connectivity index (χ1n) is 22.6. The third-order valence-corrected chi connectivity index (χ3v) is 14.4. The predicted molar refractivity (Wildman–Crippen MR) is 265 cm³/mol. The van der Waals surface area contributed by atoms with Gasteiger partial charge in [-0.15, -0.1) is 0 Å². The number of phenolic OH excluding ortho intramolecular Hbond substituents is 2. The average Bonchev–Trinajstić information content (AvgIpc) is 3.26. The molecule has 2 saturated carbocycles. The standard InChI is InChI=1S/C27H34O3S.C18H26O2S.C9H10O2/c1-18-14-22(15-19(2)26(18)29)10-11-25(28)23-16-20(3)27(21(4)17-23)30-12-13-31-24-8-6-5-7-9-24;1-13-11-16(15(3)19)12-14(2)18(13)20-9-10-21-17-7-5-4-6-8-17;1-6-3-8(5-10)4-7(2)9(6)11/h10-11,14-17,24,29H,5-9,12-13H2,1-4H3;11-12,17H,4-10H2,1-3H3;3-5,11H,1-2H3/b11-10+;;. The molecule has 0 aromatic heterocycles. The Morgan fingerprint density at radius 3 is 1.29 bits per heavy atom. The Kier molecular flexibility index (Phi) is 20.9. The molecule has 2 aliphatic rings. The van der Waals surface area contributed by atoms with Gasteiger partial charge in [-0.2, -0.15) is 23.5 Å². The van der Waals surface area contributed by atoms with Crippen molar-refractivity contribution in [3.8, 4) is 23.0 Å². The molecule has 0 radical (unpaired) electrons. The maximum atomic E-state index is 12.7. The van der Waals surface area contributed by atoms with Crippen LogP contribution in [0.1, 0.15) is 152 Å². The van der Waals surface area contributed by atoms with Crippen LogP contribution in [0.3, 0.4) is 0 Å². The van der Waals surface area contributed by atoms with Gasteiger partial charge in [-0.1, -0.05) is 44.6 Å². The number of aryl methyl sites for hydroxylation is 8. The van der Waals surface area contributed by atoms with E-state index >= 15 is 0 Å². The monoisotopic (exact) mass is 894 g/mol. The molecule has 0 saturated heterocycles. The number of phenols is 2. The van der Waals surface area contributed by atoms with E-state index in [4.69, 9.17) is 9.47 Å². The number of hydrogen-bond acceptors (Lipinski definition) is 9. The fraction of sp³-hybridized carbons (Fsp3) is 0.463. The molecule has 340 valence electrons. The third kappa shape index (κ3) is 16.2. The summed E-state index contributed by atoms with van der Waals surface area (Å²) in [5.74, 6) is 4.57. The van der Waals surface area contributed by atoms with E-state index in [9.17, 15) is 24.6 Å². The summed E-state index contributed by atoms with van der Waals surface area (Å²) in [5, 5.41) is 20.9. The fourth-order valence-electron chi connectivity index (χ4n) is 8.29. The summed E-state index contributed by atoms with van der Waals surface area (Å²) in [5.41, 5.74) is 10.2. The van der Waals surface area contributed by atoms with Crippen LogP contribution in [0, 0.1) is 55.4 Å². The number of carbonyl (C=O) groups excluding carboxylic acids is 3. The SMILES string of the molecule is CC(=O)c1cc(C)c(OCCSC2CCCCC2)c(C)c1.Cc1cc(/C=C/C(=O)c2cc(C)c(OCCSC3CCCCC3)c(C)c2)cc(C)c1O.Cc1cc(C=O)cc(C)c1O. The molecule has 2 aliphatic carbocycles. The molecule has 7 nitrogen and oxygen atoms in total. The van der Waals surface area contributed by atoms with E-state index in [2.05, 4.69) is 11.8 Å². The van der Waals surface area contributed by atoms with Crippen molar-refractivity contribution < 1.29 is 34.1 Å². The molecule has 0 aliphatic heterocycles. The smallest absolute Gasteiger partial charge is 0.185 e. The number of ether oxygens (including phenoxy) is 2. The fourth-order valence-corrected chi connectivity index (χ4v) is 10.7. The topological polar surface area (TPSA) is 110 Å². The number of allylic oxidation sites excluding steroid dienone is 1. The Balaban J connectivity index is 0.000000233. The van der Waals surface area contributed by atoms with Gasteiger partial charge in [0.15, 0.2) is 11.6 Å². The molecule has 0 unspecified atom stereocenters. The highest BCUT2D eigenvalue weighted by molar-refractivity contribution is 8.00. The molecule has 0 atom stereocenters. The lowest BCUT2D eigenvalue weighted by Gasteiger charge is -2.21. The number of rotatable bonds is 15. The highest BCUT2D eigenvalue weighted by Gasteiger charge is 2.16. The lowest BCUT2D eigenvalue weighted by molar-refractivity contribution is 0.101. The third-order valence-electron chi connectivity index (χ3n) is 11.7.